The van der Waals surface area contributed by atoms with Crippen molar-refractivity contribution in [2.75, 3.05) is 30.7 Å². The number of nitrogens with one attached hydrogen (secondary N) is 2. The first-order valence-corrected chi connectivity index (χ1v) is 8.79. The van der Waals surface area contributed by atoms with Crippen LogP contribution in [0.1, 0.15) is 19.3 Å². The van der Waals surface area contributed by atoms with Crippen LogP contribution in [0.2, 0.25) is 0 Å². The third-order valence-electron chi connectivity index (χ3n) is 4.50. The molecule has 0 atom stereocenters. The quantitative estimate of drug-likeness (QED) is 0.463. The molecule has 1 aliphatic rings. The van der Waals surface area contributed by atoms with E-state index in [4.69, 9.17) is 5.73 Å². The summed E-state index contributed by atoms with van der Waals surface area (Å²) in [5.41, 5.74) is 8.76. The van der Waals surface area contributed by atoms with Crippen LogP contribution in [0.3, 0.4) is 0 Å². The number of hydrogen-bond donors (Lipinski definition) is 3. The van der Waals surface area contributed by atoms with Gasteiger partial charge in [-0.25, -0.2) is 15.0 Å². The molecule has 1 aromatic carbocycles. The number of rotatable bonds is 6. The van der Waals surface area contributed by atoms with Gasteiger partial charge in [-0.15, -0.1) is 0 Å². The van der Waals surface area contributed by atoms with Crippen LogP contribution in [0, 0.1) is 0 Å². The smallest absolute Gasteiger partial charge is 0.222 e. The number of hydrogen-bond acceptors (Lipinski definition) is 6. The zero-order valence-corrected chi connectivity index (χ0v) is 14.4. The highest BCUT2D eigenvalue weighted by Crippen LogP contribution is 2.24. The number of carbonyl (C=O) groups excluding carboxylic acids is 1. The zero-order valence-electron chi connectivity index (χ0n) is 14.4. The lowest BCUT2D eigenvalue weighted by atomic mass is 10.2. The van der Waals surface area contributed by atoms with Crippen LogP contribution in [0.5, 0.6) is 0 Å². The number of nitrogens with two attached hydrogens (primary N) is 1. The van der Waals surface area contributed by atoms with Gasteiger partial charge in [0, 0.05) is 37.3 Å². The van der Waals surface area contributed by atoms with Crippen molar-refractivity contribution in [2.24, 2.45) is 0 Å². The molecule has 1 aliphatic heterocycles. The number of likely N-dealkylation sites (tertiary alicyclic amines) is 1. The molecule has 1 amide bonds. The summed E-state index contributed by atoms with van der Waals surface area (Å²) in [6.07, 6.45) is 4.11. The number of nitrogens with zero attached hydrogens (tertiary/aromatic N) is 4. The van der Waals surface area contributed by atoms with Gasteiger partial charge in [-0.1, -0.05) is 12.1 Å². The number of H-pyrrole nitrogens is 1. The molecule has 0 aliphatic carbocycles. The van der Waals surface area contributed by atoms with Crippen molar-refractivity contribution in [3.63, 3.8) is 0 Å². The molecule has 0 unspecified atom stereocenters. The van der Waals surface area contributed by atoms with Gasteiger partial charge in [-0.3, -0.25) is 4.79 Å². The lowest BCUT2D eigenvalue weighted by Gasteiger charge is -2.15. The number of aromatic nitrogens is 4. The monoisotopic (exact) mass is 351 g/mol. The minimum atomic E-state index is 0.256. The van der Waals surface area contributed by atoms with E-state index in [1.807, 2.05) is 29.2 Å². The second-order valence-corrected chi connectivity index (χ2v) is 6.39. The SMILES string of the molecule is Nc1cccc(-c2nc(NCCCN3CCCC3=O)c3[nH]cnc3n2)c1. The molecule has 0 spiro atoms. The van der Waals surface area contributed by atoms with E-state index >= 15 is 0 Å². The summed E-state index contributed by atoms with van der Waals surface area (Å²) < 4.78 is 0. The summed E-state index contributed by atoms with van der Waals surface area (Å²) >= 11 is 0. The summed E-state index contributed by atoms with van der Waals surface area (Å²) in [7, 11) is 0. The van der Waals surface area contributed by atoms with Gasteiger partial charge < -0.3 is 20.9 Å². The van der Waals surface area contributed by atoms with E-state index in [2.05, 4.69) is 25.3 Å². The van der Waals surface area contributed by atoms with E-state index < -0.39 is 0 Å². The number of amides is 1. The second-order valence-electron chi connectivity index (χ2n) is 6.39. The fraction of sp³-hybridized carbons (Fsp3) is 0.333. The molecule has 2 aromatic heterocycles. The highest BCUT2D eigenvalue weighted by Gasteiger charge is 2.19. The number of imidazole rings is 1. The molecule has 0 saturated carbocycles. The fourth-order valence-corrected chi connectivity index (χ4v) is 3.19. The molecule has 8 heteroatoms. The van der Waals surface area contributed by atoms with Crippen LogP contribution in [-0.2, 0) is 4.79 Å². The average molecular weight is 351 g/mol. The summed E-state index contributed by atoms with van der Waals surface area (Å²) in [4.78, 5) is 30.1. The maximum Gasteiger partial charge on any atom is 0.222 e. The Hall–Kier alpha value is -3.16. The summed E-state index contributed by atoms with van der Waals surface area (Å²) in [5.74, 6) is 1.54. The highest BCUT2D eigenvalue weighted by atomic mass is 16.2. The molecule has 4 rings (SSSR count). The molecular weight excluding hydrogens is 330 g/mol. The van der Waals surface area contributed by atoms with Crippen LogP contribution in [-0.4, -0.2) is 50.4 Å². The van der Waals surface area contributed by atoms with Gasteiger partial charge in [0.05, 0.1) is 6.33 Å². The normalized spacial score (nSPS) is 14.3. The summed E-state index contributed by atoms with van der Waals surface area (Å²) in [6, 6.07) is 7.47. The first-order valence-electron chi connectivity index (χ1n) is 8.79. The molecule has 0 radical (unpaired) electrons. The van der Waals surface area contributed by atoms with Crippen molar-refractivity contribution in [1.29, 1.82) is 0 Å². The van der Waals surface area contributed by atoms with Gasteiger partial charge in [-0.05, 0) is 25.0 Å². The Morgan fingerprint density at radius 1 is 1.31 bits per heavy atom. The molecule has 134 valence electrons. The lowest BCUT2D eigenvalue weighted by Crippen LogP contribution is -2.27. The van der Waals surface area contributed by atoms with Gasteiger partial charge in [0.1, 0.15) is 5.52 Å². The Labute approximate surface area is 150 Å². The van der Waals surface area contributed by atoms with Crippen LogP contribution < -0.4 is 11.1 Å². The van der Waals surface area contributed by atoms with Crippen molar-refractivity contribution in [1.82, 2.24) is 24.8 Å². The fourth-order valence-electron chi connectivity index (χ4n) is 3.19. The molecule has 3 aromatic rings. The summed E-state index contributed by atoms with van der Waals surface area (Å²) in [5, 5.41) is 3.35. The Balaban J connectivity index is 1.50. The molecule has 4 N–H and O–H groups in total. The molecule has 26 heavy (non-hydrogen) atoms. The average Bonchev–Trinajstić information content (AvgIpc) is 3.27. The molecule has 8 nitrogen and oxygen atoms in total. The van der Waals surface area contributed by atoms with Gasteiger partial charge in [0.2, 0.25) is 5.91 Å². The zero-order chi connectivity index (χ0) is 17.9. The molecule has 3 heterocycles. The standard InChI is InChI=1S/C18H21N7O/c19-13-5-1-4-12(10-13)16-23-17(15-18(24-16)22-11-21-15)20-7-3-9-25-8-2-6-14(25)26/h1,4-5,10-11H,2-3,6-9,19H2,(H2,20,21,22,23,24). The van der Waals surface area contributed by atoms with Gasteiger partial charge >= 0.3 is 0 Å². The lowest BCUT2D eigenvalue weighted by molar-refractivity contribution is -0.127. The minimum absolute atomic E-state index is 0.256. The summed E-state index contributed by atoms with van der Waals surface area (Å²) in [6.45, 7) is 2.35. The van der Waals surface area contributed by atoms with E-state index in [0.717, 1.165) is 37.0 Å². The second kappa shape index (κ2) is 6.99. The van der Waals surface area contributed by atoms with Crippen molar-refractivity contribution in [3.8, 4) is 11.4 Å². The topological polar surface area (TPSA) is 113 Å². The van der Waals surface area contributed by atoms with Crippen LogP contribution in [0.15, 0.2) is 30.6 Å². The molecular formula is C18H21N7O. The molecule has 1 saturated heterocycles. The van der Waals surface area contributed by atoms with E-state index in [-0.39, 0.29) is 5.91 Å². The van der Waals surface area contributed by atoms with Crippen molar-refractivity contribution in [3.05, 3.63) is 30.6 Å². The largest absolute Gasteiger partial charge is 0.399 e. The Bertz CT molecular complexity index is 936. The number of nitrogen functional groups attached to an aromatic ring is 1. The number of benzene rings is 1. The predicted octanol–water partition coefficient (Wildman–Crippen LogP) is 2.03. The number of anilines is 2. The van der Waals surface area contributed by atoms with E-state index in [1.54, 1.807) is 6.33 Å². The maximum atomic E-state index is 11.7. The Morgan fingerprint density at radius 2 is 2.23 bits per heavy atom. The van der Waals surface area contributed by atoms with Crippen LogP contribution in [0.4, 0.5) is 11.5 Å². The third-order valence-corrected chi connectivity index (χ3v) is 4.50. The van der Waals surface area contributed by atoms with Gasteiger partial charge in [0.15, 0.2) is 17.3 Å². The predicted molar refractivity (Wildman–Crippen MR) is 100 cm³/mol. The maximum absolute atomic E-state index is 11.7. The van der Waals surface area contributed by atoms with Crippen molar-refractivity contribution in [2.45, 2.75) is 19.3 Å². The van der Waals surface area contributed by atoms with Crippen molar-refractivity contribution >= 4 is 28.6 Å². The van der Waals surface area contributed by atoms with Crippen LogP contribution in [0.25, 0.3) is 22.6 Å². The molecule has 0 bridgehead atoms. The van der Waals surface area contributed by atoms with E-state index in [0.29, 0.717) is 35.9 Å². The van der Waals surface area contributed by atoms with Gasteiger partial charge in [-0.2, -0.15) is 0 Å². The number of fused-ring (bicyclic) bond motifs is 1. The number of carbonyl (C=O) groups is 1. The highest BCUT2D eigenvalue weighted by molar-refractivity contribution is 5.84. The Kier molecular flexibility index (Phi) is 4.39. The third kappa shape index (κ3) is 3.30. The van der Waals surface area contributed by atoms with E-state index in [1.165, 1.54) is 0 Å². The van der Waals surface area contributed by atoms with Crippen LogP contribution >= 0.6 is 0 Å². The minimum Gasteiger partial charge on any atom is -0.399 e. The Morgan fingerprint density at radius 3 is 3.04 bits per heavy atom. The number of aromatic amines is 1. The van der Waals surface area contributed by atoms with Gasteiger partial charge in [0.25, 0.3) is 0 Å². The van der Waals surface area contributed by atoms with E-state index in [9.17, 15) is 4.79 Å². The molecule has 1 fully saturated rings. The first-order chi connectivity index (χ1) is 12.7. The van der Waals surface area contributed by atoms with Crippen molar-refractivity contribution < 1.29 is 4.79 Å². The first kappa shape index (κ1) is 16.3.